The fourth-order valence-corrected chi connectivity index (χ4v) is 8.83. The Morgan fingerprint density at radius 1 is 0.622 bits per heavy atom. The predicted octanol–water partition coefficient (Wildman–Crippen LogP) is 11.1. The molecule has 13 rings (SSSR count). The number of amides is 1. The van der Waals surface area contributed by atoms with Crippen molar-refractivity contribution in [2.24, 2.45) is 0 Å². The van der Waals surface area contributed by atoms with Gasteiger partial charge in [-0.25, -0.2) is 33.7 Å². The number of rotatable bonds is 13. The lowest BCUT2D eigenvalue weighted by Gasteiger charge is -2.19. The Balaban J connectivity index is 0.000000124. The minimum Gasteiger partial charge on any atom is -0.490 e. The Hall–Kier alpha value is -6.16. The lowest BCUT2D eigenvalue weighted by atomic mass is 9.97. The monoisotopic (exact) mass is 1140 g/mol. The van der Waals surface area contributed by atoms with E-state index in [1.54, 1.807) is 36.8 Å². The van der Waals surface area contributed by atoms with E-state index in [0.717, 1.165) is 121 Å². The zero-order chi connectivity index (χ0) is 51.1. The fourth-order valence-electron chi connectivity index (χ4n) is 8.09. The molecule has 4 saturated carbocycles. The van der Waals surface area contributed by atoms with Crippen LogP contribution >= 0.6 is 31.9 Å². The molecule has 6 fully saturated rings. The van der Waals surface area contributed by atoms with Crippen LogP contribution in [0.25, 0.3) is 11.3 Å². The number of ether oxygens (including phenoxy) is 6. The Labute approximate surface area is 443 Å². The van der Waals surface area contributed by atoms with Crippen LogP contribution in [0.5, 0.6) is 23.0 Å². The van der Waals surface area contributed by atoms with Crippen molar-refractivity contribution in [2.75, 3.05) is 43.2 Å². The number of carbonyl (C=O) groups is 1. The van der Waals surface area contributed by atoms with Gasteiger partial charge in [-0.05, 0) is 127 Å². The minimum absolute atomic E-state index is 0.0798. The summed E-state index contributed by atoms with van der Waals surface area (Å²) >= 11 is 6.93. The maximum atomic E-state index is 12.9. The number of fused-ring (bicyclic) bond motifs is 2. The maximum absolute atomic E-state index is 12.9. The number of hydrogen-bond donors (Lipinski definition) is 3. The highest BCUT2D eigenvalue weighted by molar-refractivity contribution is 9.10. The average molecular weight is 1140 g/mol. The number of nitrogen functional groups attached to an aromatic ring is 2. The number of nitrogens with one attached hydrogen (secondary N) is 1. The summed E-state index contributed by atoms with van der Waals surface area (Å²) in [5.74, 6) is 4.34. The lowest BCUT2D eigenvalue weighted by Crippen LogP contribution is -2.16. The molecule has 0 unspecified atom stereocenters. The first-order chi connectivity index (χ1) is 36.0. The van der Waals surface area contributed by atoms with Crippen molar-refractivity contribution in [2.45, 2.75) is 120 Å². The van der Waals surface area contributed by atoms with Gasteiger partial charge in [-0.2, -0.15) is 0 Å². The topological polar surface area (TPSA) is 210 Å². The van der Waals surface area contributed by atoms with Gasteiger partial charge in [0.25, 0.3) is 12.3 Å². The first kappa shape index (κ1) is 51.3. The smallest absolute Gasteiger partial charge is 0.280 e. The van der Waals surface area contributed by atoms with E-state index >= 15 is 0 Å². The Morgan fingerprint density at radius 3 is 1.72 bits per heavy atom. The number of hydrogen-bond acceptors (Lipinski definition) is 14. The van der Waals surface area contributed by atoms with Gasteiger partial charge in [-0.15, -0.1) is 0 Å². The van der Waals surface area contributed by atoms with E-state index in [0.29, 0.717) is 53.2 Å². The van der Waals surface area contributed by atoms with Gasteiger partial charge in [0.05, 0.1) is 44.7 Å². The normalized spacial score (nSPS) is 17.8. The van der Waals surface area contributed by atoms with Crippen LogP contribution in [0, 0.1) is 0 Å². The summed E-state index contributed by atoms with van der Waals surface area (Å²) in [5.41, 5.74) is 14.8. The molecule has 21 heteroatoms. The zero-order valence-corrected chi connectivity index (χ0v) is 43.8. The van der Waals surface area contributed by atoms with Crippen molar-refractivity contribution in [3.8, 4) is 23.0 Å². The van der Waals surface area contributed by atoms with E-state index in [-0.39, 0.29) is 11.8 Å². The van der Waals surface area contributed by atoms with Gasteiger partial charge in [0.15, 0.2) is 0 Å². The van der Waals surface area contributed by atoms with Gasteiger partial charge in [-0.1, -0.05) is 6.07 Å². The molecule has 6 aliphatic rings. The number of aromatic nitrogens is 7. The fraction of sp³-hybridized carbons (Fsp3) is 0.434. The van der Waals surface area contributed by atoms with E-state index in [4.69, 9.17) is 49.9 Å². The standard InChI is InChI=1S/C22H22F2N4O3.C15H17BrN2O2.C8H9BrN2O.C8H10N2O/c23-21(24)15-2-1-3-16(25-15)22(29)27-18-12-28-11-17(13-6-8-30-9-7-13)26-20(28)10-19(18)31-14-4-5-14;16-12-8-18-9-13(10-3-5-19-6-4-10)17-15(18)7-14(12)20-11-1-2-11;9-6-4-11-8(10)3-7(6)12-5-1-2-5;9-8-5-7(3-4-10-8)11-6-1-2-6/h1-3,10-14,21H,4-9H2,(H,27,29);7-11H,1-6H2;3-5H,1-2H2,(H2,10,11);3-6H,1-2H2,(H2,9,10). The highest BCUT2D eigenvalue weighted by Gasteiger charge is 2.29. The molecule has 74 heavy (non-hydrogen) atoms. The van der Waals surface area contributed by atoms with Gasteiger partial charge < -0.3 is 54.0 Å². The van der Waals surface area contributed by atoms with E-state index in [1.165, 1.54) is 49.6 Å². The van der Waals surface area contributed by atoms with E-state index in [2.05, 4.69) is 62.7 Å². The second-order valence-corrected chi connectivity index (χ2v) is 20.8. The van der Waals surface area contributed by atoms with Gasteiger partial charge in [0.2, 0.25) is 0 Å². The number of carbonyl (C=O) groups excluding carboxylic acids is 1. The van der Waals surface area contributed by atoms with Gasteiger partial charge in [0.1, 0.15) is 63.0 Å². The molecule has 2 aliphatic heterocycles. The SMILES string of the molecule is Brc1cn2cc(C3CCOCC3)nc2cc1OC1CC1.Nc1cc(OC2CC2)c(Br)cn1.Nc1cc(OC2CC2)ccn1.O=C(Nc1cn2cc(C3CCOCC3)nc2cc1OC1CC1)c1cccc(C(F)F)n1. The molecule has 0 spiro atoms. The number of halogens is 4. The van der Waals surface area contributed by atoms with Crippen LogP contribution < -0.4 is 35.7 Å². The summed E-state index contributed by atoms with van der Waals surface area (Å²) < 4.78 is 65.5. The van der Waals surface area contributed by atoms with Gasteiger partial charge in [0, 0.05) is 99.7 Å². The van der Waals surface area contributed by atoms with Crippen LogP contribution in [0.2, 0.25) is 0 Å². The molecule has 17 nitrogen and oxygen atoms in total. The molecule has 9 heterocycles. The van der Waals surface area contributed by atoms with Crippen molar-refractivity contribution >= 4 is 66.4 Å². The third-order valence-corrected chi connectivity index (χ3v) is 13.9. The molecule has 390 valence electrons. The molecule has 7 aromatic rings. The molecule has 4 aliphatic carbocycles. The van der Waals surface area contributed by atoms with Crippen molar-refractivity contribution in [3.05, 3.63) is 117 Å². The molecule has 7 aromatic heterocycles. The minimum atomic E-state index is -2.74. The third kappa shape index (κ3) is 14.4. The molecule has 0 atom stereocenters. The average Bonchev–Trinajstić information content (AvgIpc) is 4.17. The first-order valence-electron chi connectivity index (χ1n) is 25.2. The lowest BCUT2D eigenvalue weighted by molar-refractivity contribution is 0.0845. The predicted molar refractivity (Wildman–Crippen MR) is 280 cm³/mol. The number of nitrogens with zero attached hydrogens (tertiary/aromatic N) is 7. The highest BCUT2D eigenvalue weighted by atomic mass is 79.9. The molecule has 0 bridgehead atoms. The largest absolute Gasteiger partial charge is 0.490 e. The number of imidazole rings is 2. The van der Waals surface area contributed by atoms with Crippen molar-refractivity contribution < 1.29 is 42.0 Å². The van der Waals surface area contributed by atoms with Crippen LogP contribution in [0.3, 0.4) is 0 Å². The van der Waals surface area contributed by atoms with Crippen LogP contribution in [-0.2, 0) is 9.47 Å². The first-order valence-corrected chi connectivity index (χ1v) is 26.8. The van der Waals surface area contributed by atoms with Crippen molar-refractivity contribution in [1.29, 1.82) is 0 Å². The Kier molecular flexibility index (Phi) is 16.4. The zero-order valence-electron chi connectivity index (χ0n) is 40.6. The number of nitrogens with two attached hydrogens (primary N) is 2. The summed E-state index contributed by atoms with van der Waals surface area (Å²) in [4.78, 5) is 33.8. The Morgan fingerprint density at radius 2 is 1.15 bits per heavy atom. The number of pyridine rings is 5. The van der Waals surface area contributed by atoms with Crippen molar-refractivity contribution in [1.82, 2.24) is 33.7 Å². The van der Waals surface area contributed by atoms with Crippen molar-refractivity contribution in [3.63, 3.8) is 0 Å². The van der Waals surface area contributed by atoms with Gasteiger partial charge in [-0.3, -0.25) is 4.79 Å². The van der Waals surface area contributed by atoms with Crippen LogP contribution in [0.1, 0.15) is 123 Å². The van der Waals surface area contributed by atoms with Crippen LogP contribution in [0.4, 0.5) is 26.1 Å². The molecule has 5 N–H and O–H groups in total. The Bertz CT molecular complexity index is 3050. The summed E-state index contributed by atoms with van der Waals surface area (Å²) in [7, 11) is 0. The highest BCUT2D eigenvalue weighted by Crippen LogP contribution is 2.37. The molecule has 0 radical (unpaired) electrons. The summed E-state index contributed by atoms with van der Waals surface area (Å²) in [5, 5.41) is 2.77. The summed E-state index contributed by atoms with van der Waals surface area (Å²) in [6.07, 6.45) is 22.6. The van der Waals surface area contributed by atoms with E-state index < -0.39 is 18.0 Å². The number of anilines is 3. The molecule has 1 amide bonds. The van der Waals surface area contributed by atoms with Crippen LogP contribution in [-0.4, -0.2) is 90.5 Å². The quantitative estimate of drug-likeness (QED) is 0.0981. The molecule has 2 saturated heterocycles. The maximum Gasteiger partial charge on any atom is 0.280 e. The second kappa shape index (κ2) is 23.6. The third-order valence-electron chi connectivity index (χ3n) is 12.7. The van der Waals surface area contributed by atoms with E-state index in [9.17, 15) is 13.6 Å². The molecule has 0 aromatic carbocycles. The number of alkyl halides is 2. The van der Waals surface area contributed by atoms with Crippen LogP contribution in [0.15, 0.2) is 94.7 Å². The summed E-state index contributed by atoms with van der Waals surface area (Å²) in [6, 6.07) is 13.1. The molecular formula is C53H58Br2F2N10O7. The van der Waals surface area contributed by atoms with Gasteiger partial charge >= 0.3 is 0 Å². The second-order valence-electron chi connectivity index (χ2n) is 19.1. The molecular weight excluding hydrogens is 1090 g/mol. The van der Waals surface area contributed by atoms with E-state index in [1.807, 2.05) is 28.9 Å². The summed E-state index contributed by atoms with van der Waals surface area (Å²) in [6.45, 7) is 3.14.